The summed E-state index contributed by atoms with van der Waals surface area (Å²) in [5.41, 5.74) is 1.21. The molecule has 32 heavy (non-hydrogen) atoms. The molecule has 2 heterocycles. The predicted octanol–water partition coefficient (Wildman–Crippen LogP) is 3.49. The van der Waals surface area contributed by atoms with Crippen LogP contribution in [0.2, 0.25) is 0 Å². The summed E-state index contributed by atoms with van der Waals surface area (Å²) in [6.07, 6.45) is 8.80. The number of carbonyl (C=O) groups is 2. The highest BCUT2D eigenvalue weighted by molar-refractivity contribution is 6.35. The van der Waals surface area contributed by atoms with Crippen molar-refractivity contribution in [2.24, 2.45) is 5.92 Å². The Morgan fingerprint density at radius 1 is 0.938 bits per heavy atom. The zero-order valence-electron chi connectivity index (χ0n) is 18.4. The second kappa shape index (κ2) is 9.81. The summed E-state index contributed by atoms with van der Waals surface area (Å²) in [4.78, 5) is 41.4. The van der Waals surface area contributed by atoms with E-state index in [2.05, 4.69) is 0 Å². The summed E-state index contributed by atoms with van der Waals surface area (Å²) >= 11 is 0. The van der Waals surface area contributed by atoms with Gasteiger partial charge >= 0.3 is 0 Å². The molecule has 1 saturated carbocycles. The van der Waals surface area contributed by atoms with Gasteiger partial charge in [0.05, 0.1) is 10.5 Å². The number of benzene rings is 1. The maximum atomic E-state index is 13.7. The molecule has 1 unspecified atom stereocenters. The maximum absolute atomic E-state index is 13.7. The Kier molecular flexibility index (Phi) is 6.89. The van der Waals surface area contributed by atoms with Crippen molar-refractivity contribution >= 4 is 23.1 Å². The minimum atomic E-state index is -0.474. The molecule has 2 fully saturated rings. The lowest BCUT2D eigenvalue weighted by atomic mass is 9.95. The molecule has 1 aliphatic carbocycles. The number of hydrogen-bond donors (Lipinski definition) is 1. The molecule has 1 N–H and O–H groups in total. The van der Waals surface area contributed by atoms with Crippen LogP contribution in [0.4, 0.5) is 5.69 Å². The minimum Gasteiger partial charge on any atom is -0.396 e. The summed E-state index contributed by atoms with van der Waals surface area (Å²) in [5.74, 6) is -0.490. The number of piperidine rings is 1. The van der Waals surface area contributed by atoms with E-state index >= 15 is 0 Å². The number of aliphatic hydroxyl groups excluding tert-OH is 1. The van der Waals surface area contributed by atoms with Crippen LogP contribution in [0.1, 0.15) is 63.4 Å². The summed E-state index contributed by atoms with van der Waals surface area (Å²) in [5, 5.41) is 20.8. The number of amides is 2. The SMILES string of the molecule is O=C1C(c2ccc([N+](=O)[O-])cc2)=C(N2CCCC(CO)C2)C(=O)N1C1CCCCCCC1. The molecule has 0 bridgehead atoms. The lowest BCUT2D eigenvalue weighted by Gasteiger charge is -2.35. The number of nitro groups is 1. The highest BCUT2D eigenvalue weighted by Crippen LogP contribution is 2.37. The number of nitro benzene ring substituents is 1. The van der Waals surface area contributed by atoms with Gasteiger partial charge in [-0.2, -0.15) is 0 Å². The van der Waals surface area contributed by atoms with Crippen molar-refractivity contribution in [3.63, 3.8) is 0 Å². The molecular formula is C24H31N3O5. The molecule has 0 aromatic heterocycles. The fraction of sp³-hybridized carbons (Fsp3) is 0.583. The van der Waals surface area contributed by atoms with Crippen molar-refractivity contribution in [1.29, 1.82) is 0 Å². The molecule has 2 amide bonds. The van der Waals surface area contributed by atoms with E-state index in [0.29, 0.717) is 29.9 Å². The molecule has 8 heteroatoms. The predicted molar refractivity (Wildman–Crippen MR) is 119 cm³/mol. The lowest BCUT2D eigenvalue weighted by Crippen LogP contribution is -2.44. The van der Waals surface area contributed by atoms with Crippen LogP contribution in [0.25, 0.3) is 5.57 Å². The summed E-state index contributed by atoms with van der Waals surface area (Å²) < 4.78 is 0. The van der Waals surface area contributed by atoms with Crippen LogP contribution in [0.5, 0.6) is 0 Å². The Bertz CT molecular complexity index is 903. The Hall–Kier alpha value is -2.74. The minimum absolute atomic E-state index is 0.0467. The van der Waals surface area contributed by atoms with Crippen LogP contribution in [0.3, 0.4) is 0 Å². The smallest absolute Gasteiger partial charge is 0.278 e. The molecule has 172 valence electrons. The first-order chi connectivity index (χ1) is 15.5. The summed E-state index contributed by atoms with van der Waals surface area (Å²) in [6, 6.07) is 5.77. The topological polar surface area (TPSA) is 104 Å². The number of non-ortho nitro benzene ring substituents is 1. The van der Waals surface area contributed by atoms with Crippen molar-refractivity contribution in [3.05, 3.63) is 45.6 Å². The van der Waals surface area contributed by atoms with Crippen molar-refractivity contribution in [1.82, 2.24) is 9.80 Å². The van der Waals surface area contributed by atoms with Crippen LogP contribution in [0.15, 0.2) is 30.0 Å². The largest absolute Gasteiger partial charge is 0.396 e. The first-order valence-corrected chi connectivity index (χ1v) is 11.7. The van der Waals surface area contributed by atoms with Gasteiger partial charge in [0.2, 0.25) is 0 Å². The molecule has 0 radical (unpaired) electrons. The molecule has 1 atom stereocenters. The highest BCUT2D eigenvalue weighted by Gasteiger charge is 2.45. The third-order valence-corrected chi connectivity index (χ3v) is 6.99. The number of nitrogens with zero attached hydrogens (tertiary/aromatic N) is 3. The van der Waals surface area contributed by atoms with E-state index in [4.69, 9.17) is 0 Å². The molecule has 4 rings (SSSR count). The van der Waals surface area contributed by atoms with Crippen LogP contribution >= 0.6 is 0 Å². The monoisotopic (exact) mass is 441 g/mol. The molecule has 0 spiro atoms. The van der Waals surface area contributed by atoms with Gasteiger partial charge in [-0.15, -0.1) is 0 Å². The van der Waals surface area contributed by atoms with Crippen LogP contribution in [-0.2, 0) is 9.59 Å². The van der Waals surface area contributed by atoms with Gasteiger partial charge in [0.15, 0.2) is 0 Å². The van der Waals surface area contributed by atoms with E-state index in [9.17, 15) is 24.8 Å². The fourth-order valence-corrected chi connectivity index (χ4v) is 5.28. The molecule has 3 aliphatic rings. The Labute approximate surface area is 188 Å². The van der Waals surface area contributed by atoms with Crippen LogP contribution < -0.4 is 0 Å². The Balaban J connectivity index is 1.72. The van der Waals surface area contributed by atoms with E-state index in [0.717, 1.165) is 51.4 Å². The number of rotatable bonds is 5. The average Bonchev–Trinajstić information content (AvgIpc) is 3.04. The second-order valence-electron chi connectivity index (χ2n) is 9.14. The van der Waals surface area contributed by atoms with Crippen LogP contribution in [0, 0.1) is 16.0 Å². The molecule has 1 aromatic carbocycles. The van der Waals surface area contributed by atoms with Crippen molar-refractivity contribution in [3.8, 4) is 0 Å². The molecule has 1 saturated heterocycles. The average molecular weight is 442 g/mol. The number of imide groups is 1. The third kappa shape index (κ3) is 4.41. The normalized spacial score (nSPS) is 23.5. The molecule has 8 nitrogen and oxygen atoms in total. The number of carbonyl (C=O) groups excluding carboxylic acids is 2. The van der Waals surface area contributed by atoms with Gasteiger partial charge in [0.1, 0.15) is 5.70 Å². The van der Waals surface area contributed by atoms with E-state index in [1.54, 1.807) is 12.1 Å². The first kappa shape index (κ1) is 22.5. The molecule has 2 aliphatic heterocycles. The van der Waals surface area contributed by atoms with Gasteiger partial charge in [0, 0.05) is 37.9 Å². The van der Waals surface area contributed by atoms with E-state index in [-0.39, 0.29) is 36.1 Å². The number of hydrogen-bond acceptors (Lipinski definition) is 6. The van der Waals surface area contributed by atoms with Gasteiger partial charge in [-0.05, 0) is 49.3 Å². The third-order valence-electron chi connectivity index (χ3n) is 6.99. The number of aliphatic hydroxyl groups is 1. The van der Waals surface area contributed by atoms with Crippen LogP contribution in [-0.4, -0.2) is 57.4 Å². The zero-order valence-corrected chi connectivity index (χ0v) is 18.4. The van der Waals surface area contributed by atoms with E-state index < -0.39 is 4.92 Å². The van der Waals surface area contributed by atoms with Crippen molar-refractivity contribution < 1.29 is 19.6 Å². The zero-order chi connectivity index (χ0) is 22.7. The van der Waals surface area contributed by atoms with Crippen molar-refractivity contribution in [2.45, 2.75) is 63.8 Å². The summed E-state index contributed by atoms with van der Waals surface area (Å²) in [6.45, 7) is 1.23. The lowest BCUT2D eigenvalue weighted by molar-refractivity contribution is -0.384. The quantitative estimate of drug-likeness (QED) is 0.426. The number of likely N-dealkylation sites (tertiary alicyclic amines) is 1. The van der Waals surface area contributed by atoms with Gasteiger partial charge in [-0.25, -0.2) is 0 Å². The van der Waals surface area contributed by atoms with Gasteiger partial charge in [0.25, 0.3) is 17.5 Å². The standard InChI is InChI=1S/C24H31N3O5/c28-16-17-7-6-14-25(15-17)22-21(18-10-12-20(13-11-18)27(31)32)23(29)26(24(22)30)19-8-4-2-1-3-5-9-19/h10-13,17,19,28H,1-9,14-16H2. The molecular weight excluding hydrogens is 410 g/mol. The Morgan fingerprint density at radius 2 is 1.59 bits per heavy atom. The Morgan fingerprint density at radius 3 is 2.22 bits per heavy atom. The van der Waals surface area contributed by atoms with Gasteiger partial charge in [-0.1, -0.05) is 32.1 Å². The first-order valence-electron chi connectivity index (χ1n) is 11.7. The van der Waals surface area contributed by atoms with E-state index in [1.165, 1.54) is 23.5 Å². The maximum Gasteiger partial charge on any atom is 0.278 e. The summed E-state index contributed by atoms with van der Waals surface area (Å²) in [7, 11) is 0. The second-order valence-corrected chi connectivity index (χ2v) is 9.14. The van der Waals surface area contributed by atoms with Crippen molar-refractivity contribution in [2.75, 3.05) is 19.7 Å². The van der Waals surface area contributed by atoms with E-state index in [1.807, 2.05) is 4.90 Å². The highest BCUT2D eigenvalue weighted by atomic mass is 16.6. The van der Waals surface area contributed by atoms with Gasteiger partial charge in [-0.3, -0.25) is 24.6 Å². The fourth-order valence-electron chi connectivity index (χ4n) is 5.28. The molecule has 1 aromatic rings. The van der Waals surface area contributed by atoms with Gasteiger partial charge < -0.3 is 10.0 Å².